The van der Waals surface area contributed by atoms with Gasteiger partial charge in [-0.2, -0.15) is 0 Å². The van der Waals surface area contributed by atoms with Crippen molar-refractivity contribution in [3.63, 3.8) is 0 Å². The Morgan fingerprint density at radius 3 is 2.55 bits per heavy atom. The Kier molecular flexibility index (Phi) is 5.11. The molecule has 0 saturated carbocycles. The summed E-state index contributed by atoms with van der Waals surface area (Å²) in [5.41, 5.74) is 4.62. The van der Waals surface area contributed by atoms with Gasteiger partial charge in [-0.25, -0.2) is 0 Å². The van der Waals surface area contributed by atoms with Gasteiger partial charge in [0.2, 0.25) is 11.8 Å². The number of hydrogen-bond donors (Lipinski definition) is 0. The van der Waals surface area contributed by atoms with Crippen LogP contribution in [-0.2, 0) is 11.2 Å². The normalized spacial score (nSPS) is 21.2. The summed E-state index contributed by atoms with van der Waals surface area (Å²) in [7, 11) is 0. The Morgan fingerprint density at radius 1 is 1.21 bits per heavy atom. The molecule has 1 aromatic carbocycles. The first-order chi connectivity index (χ1) is 13.9. The number of nitrogens with zero attached hydrogens (tertiary/aromatic N) is 3. The Hall–Kier alpha value is -2.40. The topological polar surface area (TPSA) is 45.6 Å². The summed E-state index contributed by atoms with van der Waals surface area (Å²) in [5.74, 6) is 0.119. The van der Waals surface area contributed by atoms with Crippen molar-refractivity contribution >= 4 is 28.3 Å². The number of carbonyl (C=O) groups is 2. The van der Waals surface area contributed by atoms with Gasteiger partial charge >= 0.3 is 0 Å². The largest absolute Gasteiger partial charge is 0.343 e. The minimum absolute atomic E-state index is 0.0348. The van der Waals surface area contributed by atoms with Crippen molar-refractivity contribution in [1.82, 2.24) is 14.4 Å². The summed E-state index contributed by atoms with van der Waals surface area (Å²) in [6.07, 6.45) is 5.11. The molecule has 5 heteroatoms. The summed E-state index contributed by atoms with van der Waals surface area (Å²) in [6, 6.07) is 6.78. The van der Waals surface area contributed by atoms with Gasteiger partial charge in [-0.1, -0.05) is 18.2 Å². The van der Waals surface area contributed by atoms with Crippen LogP contribution in [0, 0.1) is 5.92 Å². The number of carbonyl (C=O) groups excluding carboxylic acids is 2. The molecular weight excluding hydrogens is 362 g/mol. The summed E-state index contributed by atoms with van der Waals surface area (Å²) in [6.45, 7) is 12.3. The summed E-state index contributed by atoms with van der Waals surface area (Å²) >= 11 is 0. The molecule has 0 radical (unpaired) electrons. The maximum absolute atomic E-state index is 13.2. The van der Waals surface area contributed by atoms with Gasteiger partial charge < -0.3 is 4.90 Å². The first-order valence-corrected chi connectivity index (χ1v) is 10.8. The van der Waals surface area contributed by atoms with Crippen LogP contribution in [-0.4, -0.2) is 57.9 Å². The smallest absolute Gasteiger partial charge is 0.230 e. The maximum Gasteiger partial charge on any atom is 0.230 e. The van der Waals surface area contributed by atoms with E-state index in [9.17, 15) is 9.59 Å². The Morgan fingerprint density at radius 2 is 1.93 bits per heavy atom. The van der Waals surface area contributed by atoms with E-state index in [1.807, 2.05) is 37.1 Å². The zero-order valence-corrected chi connectivity index (χ0v) is 18.1. The fourth-order valence-electron chi connectivity index (χ4n) is 5.13. The van der Waals surface area contributed by atoms with E-state index < -0.39 is 0 Å². The van der Waals surface area contributed by atoms with Crippen molar-refractivity contribution in [2.75, 3.05) is 19.6 Å². The Balaban J connectivity index is 1.88. The van der Waals surface area contributed by atoms with E-state index >= 15 is 0 Å². The van der Waals surface area contributed by atoms with Crippen molar-refractivity contribution in [1.29, 1.82) is 0 Å². The van der Waals surface area contributed by atoms with Gasteiger partial charge in [-0.15, -0.1) is 0 Å². The number of hydrogen-bond acceptors (Lipinski definition) is 3. The lowest BCUT2D eigenvalue weighted by atomic mass is 9.79. The molecular formula is C24H31N3O2. The van der Waals surface area contributed by atoms with E-state index in [0.717, 1.165) is 31.6 Å². The first-order valence-electron chi connectivity index (χ1n) is 10.8. The standard InChI is InChI=1S/C24H31N3O2/c1-6-25(7-2)24(29)18-11-20-19-9-8-10-21-23(19)17(13-27(21)16(5)28)12-22(20)26(14-18)15(3)4/h8-11,13,15,18,22H,6-7,12,14H2,1-5H3. The zero-order valence-electron chi connectivity index (χ0n) is 18.1. The van der Waals surface area contributed by atoms with Gasteiger partial charge in [0.25, 0.3) is 0 Å². The van der Waals surface area contributed by atoms with E-state index in [2.05, 4.69) is 30.9 Å². The molecule has 2 aliphatic rings. The molecule has 0 bridgehead atoms. The van der Waals surface area contributed by atoms with E-state index in [1.165, 1.54) is 22.1 Å². The molecule has 1 aliphatic heterocycles. The van der Waals surface area contributed by atoms with Crippen LogP contribution in [0.1, 0.15) is 50.5 Å². The molecule has 1 amide bonds. The van der Waals surface area contributed by atoms with Crippen molar-refractivity contribution in [3.05, 3.63) is 41.6 Å². The lowest BCUT2D eigenvalue weighted by molar-refractivity contribution is -0.134. The quantitative estimate of drug-likeness (QED) is 0.793. The number of rotatable bonds is 4. The maximum atomic E-state index is 13.2. The lowest BCUT2D eigenvalue weighted by Gasteiger charge is -2.44. The number of aromatic nitrogens is 1. The van der Waals surface area contributed by atoms with Gasteiger partial charge in [-0.3, -0.25) is 19.1 Å². The molecule has 0 fully saturated rings. The third-order valence-electron chi connectivity index (χ3n) is 6.57. The monoisotopic (exact) mass is 393 g/mol. The molecule has 5 nitrogen and oxygen atoms in total. The highest BCUT2D eigenvalue weighted by Crippen LogP contribution is 2.42. The SMILES string of the molecule is CCN(CC)C(=O)C1C=C2c3cccc4c3c(cn4C(C)=O)CC2N(C(C)C)C1. The second-order valence-corrected chi connectivity index (χ2v) is 8.49. The van der Waals surface area contributed by atoms with Crippen LogP contribution < -0.4 is 0 Å². The zero-order chi connectivity index (χ0) is 20.9. The van der Waals surface area contributed by atoms with Crippen LogP contribution in [0.3, 0.4) is 0 Å². The highest BCUT2D eigenvalue weighted by molar-refractivity contribution is 6.03. The van der Waals surface area contributed by atoms with Gasteiger partial charge in [0.05, 0.1) is 11.4 Å². The highest BCUT2D eigenvalue weighted by Gasteiger charge is 2.39. The summed E-state index contributed by atoms with van der Waals surface area (Å²) in [4.78, 5) is 29.8. The average Bonchev–Trinajstić information content (AvgIpc) is 3.08. The number of fused-ring (bicyclic) bond motifs is 2. The Bertz CT molecular complexity index is 997. The molecule has 2 unspecified atom stereocenters. The second-order valence-electron chi connectivity index (χ2n) is 8.49. The predicted molar refractivity (Wildman–Crippen MR) is 117 cm³/mol. The number of amides is 1. The van der Waals surface area contributed by atoms with Crippen molar-refractivity contribution in [2.24, 2.45) is 5.92 Å². The van der Waals surface area contributed by atoms with E-state index in [1.54, 1.807) is 11.5 Å². The average molecular weight is 394 g/mol. The van der Waals surface area contributed by atoms with Crippen molar-refractivity contribution in [2.45, 2.75) is 53.1 Å². The summed E-state index contributed by atoms with van der Waals surface area (Å²) in [5, 5.41) is 1.17. The van der Waals surface area contributed by atoms with Crippen LogP contribution in [0.2, 0.25) is 0 Å². The van der Waals surface area contributed by atoms with Crippen LogP contribution >= 0.6 is 0 Å². The van der Waals surface area contributed by atoms with E-state index in [-0.39, 0.29) is 23.8 Å². The van der Waals surface area contributed by atoms with Crippen LogP contribution in [0.4, 0.5) is 0 Å². The van der Waals surface area contributed by atoms with Gasteiger partial charge in [0.15, 0.2) is 0 Å². The third-order valence-corrected chi connectivity index (χ3v) is 6.57. The minimum Gasteiger partial charge on any atom is -0.343 e. The molecule has 29 heavy (non-hydrogen) atoms. The van der Waals surface area contributed by atoms with Crippen molar-refractivity contribution in [3.8, 4) is 0 Å². The van der Waals surface area contributed by atoms with Gasteiger partial charge in [-0.05, 0) is 56.9 Å². The molecule has 1 aromatic heterocycles. The van der Waals surface area contributed by atoms with Crippen LogP contribution in [0.25, 0.3) is 16.5 Å². The molecule has 2 atom stereocenters. The minimum atomic E-state index is -0.129. The Labute approximate surface area is 173 Å². The first kappa shape index (κ1) is 19.9. The predicted octanol–water partition coefficient (Wildman–Crippen LogP) is 3.82. The highest BCUT2D eigenvalue weighted by atomic mass is 16.2. The third kappa shape index (κ3) is 3.12. The van der Waals surface area contributed by atoms with E-state index in [0.29, 0.717) is 6.04 Å². The lowest BCUT2D eigenvalue weighted by Crippen LogP contribution is -2.51. The summed E-state index contributed by atoms with van der Waals surface area (Å²) < 4.78 is 1.77. The number of benzene rings is 1. The van der Waals surface area contributed by atoms with Crippen LogP contribution in [0.5, 0.6) is 0 Å². The fraction of sp³-hybridized carbons (Fsp3) is 0.500. The van der Waals surface area contributed by atoms with Gasteiger partial charge in [0, 0.05) is 50.2 Å². The van der Waals surface area contributed by atoms with Gasteiger partial charge in [0.1, 0.15) is 0 Å². The van der Waals surface area contributed by atoms with Crippen LogP contribution in [0.15, 0.2) is 30.5 Å². The van der Waals surface area contributed by atoms with Crippen molar-refractivity contribution < 1.29 is 9.59 Å². The molecule has 0 saturated heterocycles. The molecule has 0 spiro atoms. The molecule has 2 aromatic rings. The molecule has 154 valence electrons. The molecule has 2 heterocycles. The van der Waals surface area contributed by atoms with E-state index in [4.69, 9.17) is 0 Å². The fourth-order valence-corrected chi connectivity index (χ4v) is 5.13. The molecule has 0 N–H and O–H groups in total. The molecule has 1 aliphatic carbocycles. The molecule has 4 rings (SSSR count). The second kappa shape index (κ2) is 7.45.